The number of carbonyl (C=O) groups is 6. The van der Waals surface area contributed by atoms with E-state index in [9.17, 15) is 33.9 Å². The molecule has 0 saturated carbocycles. The van der Waals surface area contributed by atoms with E-state index in [0.717, 1.165) is 54.4 Å². The average molecular weight is 931 g/mol. The van der Waals surface area contributed by atoms with Gasteiger partial charge in [-0.3, -0.25) is 19.3 Å². The largest absolute Gasteiger partial charge is 0.485 e. The molecule has 0 spiro atoms. The van der Waals surface area contributed by atoms with Crippen LogP contribution in [0.4, 0.5) is 4.79 Å². The summed E-state index contributed by atoms with van der Waals surface area (Å²) in [6, 6.07) is 29.4. The van der Waals surface area contributed by atoms with E-state index in [1.165, 1.54) is 19.2 Å². The Kier molecular flexibility index (Phi) is 20.8. The lowest BCUT2D eigenvalue weighted by Gasteiger charge is -2.35. The van der Waals surface area contributed by atoms with Crippen LogP contribution in [0, 0.1) is 0 Å². The molecule has 0 aliphatic carbocycles. The van der Waals surface area contributed by atoms with E-state index in [1.54, 1.807) is 22.8 Å². The minimum atomic E-state index is -1.09. The lowest BCUT2D eigenvalue weighted by molar-refractivity contribution is -0.141. The number of nitrogens with zero attached hydrogens (tertiary/aromatic N) is 2. The van der Waals surface area contributed by atoms with E-state index < -0.39 is 48.9 Å². The fourth-order valence-corrected chi connectivity index (χ4v) is 8.11. The number of benzene rings is 4. The number of unbranched alkanes of at least 4 members (excludes halogenated alkanes) is 6. The van der Waals surface area contributed by atoms with E-state index in [2.05, 4.69) is 17.6 Å². The molecule has 68 heavy (non-hydrogen) atoms. The number of ketones is 1. The molecule has 0 saturated heterocycles. The molecule has 14 nitrogen and oxygen atoms in total. The second kappa shape index (κ2) is 27.1. The highest BCUT2D eigenvalue weighted by atomic mass is 16.5. The summed E-state index contributed by atoms with van der Waals surface area (Å²) in [6.07, 6.45) is 6.62. The highest BCUT2D eigenvalue weighted by Gasteiger charge is 2.37. The molecule has 0 radical (unpaired) electrons. The predicted octanol–water partition coefficient (Wildman–Crippen LogP) is 8.79. The van der Waals surface area contributed by atoms with Gasteiger partial charge in [-0.05, 0) is 72.6 Å². The number of esters is 2. The fraction of sp³-hybridized carbons (Fsp3) is 0.407. The maximum Gasteiger partial charge on any atom is 0.341 e. The van der Waals surface area contributed by atoms with E-state index in [4.69, 9.17) is 14.2 Å². The lowest BCUT2D eigenvalue weighted by atomic mass is 9.93. The van der Waals surface area contributed by atoms with Gasteiger partial charge < -0.3 is 34.9 Å². The van der Waals surface area contributed by atoms with Crippen molar-refractivity contribution in [3.8, 4) is 16.9 Å². The van der Waals surface area contributed by atoms with Crippen LogP contribution in [-0.4, -0.2) is 90.4 Å². The summed E-state index contributed by atoms with van der Waals surface area (Å²) in [6.45, 7) is 5.67. The predicted molar refractivity (Wildman–Crippen MR) is 259 cm³/mol. The average Bonchev–Trinajstić information content (AvgIpc) is 3.36. The van der Waals surface area contributed by atoms with Gasteiger partial charge in [-0.25, -0.2) is 14.4 Å². The standard InChI is InChI=1S/C54H66N4O10/c1-5-7-9-18-33-58(50(51(62)55-31-8-6-2)43-29-30-46(67-37-44(60)35-59)45(34-43)52(63)66-4)47(61)24-17-12-19-32-57-38(3)48(53(64)68-36-39-20-13-10-14-21-39)49(56-54(57)65)42-27-25-41(26-28-42)40-22-15-11-16-23-40/h10-11,13-16,20-23,25-30,34,49-50,59H,5-9,12,17-19,24,31-33,35-37H2,1-4H3,(H,55,62)(H,56,65). The van der Waals surface area contributed by atoms with Crippen LogP contribution in [0.1, 0.15) is 124 Å². The van der Waals surface area contributed by atoms with Crippen molar-refractivity contribution in [1.29, 1.82) is 0 Å². The molecule has 14 heteroatoms. The van der Waals surface area contributed by atoms with Crippen LogP contribution in [0.15, 0.2) is 114 Å². The molecule has 5 rings (SSSR count). The van der Waals surface area contributed by atoms with Crippen molar-refractivity contribution >= 4 is 35.6 Å². The first kappa shape index (κ1) is 52.2. The maximum atomic E-state index is 14.4. The fourth-order valence-electron chi connectivity index (χ4n) is 8.11. The van der Waals surface area contributed by atoms with Crippen molar-refractivity contribution in [1.82, 2.24) is 20.4 Å². The minimum Gasteiger partial charge on any atom is -0.485 e. The molecule has 0 aromatic heterocycles. The molecule has 0 fully saturated rings. The second-order valence-corrected chi connectivity index (χ2v) is 16.8. The molecular weight excluding hydrogens is 865 g/mol. The topological polar surface area (TPSA) is 181 Å². The molecule has 1 heterocycles. The van der Waals surface area contributed by atoms with E-state index >= 15 is 0 Å². The summed E-state index contributed by atoms with van der Waals surface area (Å²) in [4.78, 5) is 84.3. The highest BCUT2D eigenvalue weighted by molar-refractivity contribution is 5.96. The molecule has 2 unspecified atom stereocenters. The van der Waals surface area contributed by atoms with Crippen molar-refractivity contribution in [2.24, 2.45) is 0 Å². The Morgan fingerprint density at radius 2 is 1.47 bits per heavy atom. The van der Waals surface area contributed by atoms with Gasteiger partial charge in [-0.2, -0.15) is 0 Å². The molecule has 4 aromatic carbocycles. The zero-order valence-electron chi connectivity index (χ0n) is 39.8. The molecule has 4 aromatic rings. The van der Waals surface area contributed by atoms with Crippen molar-refractivity contribution in [3.05, 3.63) is 137 Å². The molecule has 1 aliphatic rings. The molecule has 4 amide bonds. The Morgan fingerprint density at radius 1 is 0.794 bits per heavy atom. The van der Waals surface area contributed by atoms with Gasteiger partial charge in [-0.1, -0.05) is 137 Å². The first-order valence-corrected chi connectivity index (χ1v) is 23.7. The molecule has 1 aliphatic heterocycles. The number of hydrogen-bond acceptors (Lipinski definition) is 10. The number of Topliss-reactive ketones (excluding diaryl/α,β-unsaturated/α-hetero) is 1. The van der Waals surface area contributed by atoms with Gasteiger partial charge in [0.2, 0.25) is 11.8 Å². The Morgan fingerprint density at radius 3 is 2.15 bits per heavy atom. The van der Waals surface area contributed by atoms with Crippen LogP contribution in [-0.2, 0) is 35.3 Å². The first-order valence-electron chi connectivity index (χ1n) is 23.7. The Bertz CT molecular complexity index is 2330. The molecule has 2 atom stereocenters. The Balaban J connectivity index is 1.34. The lowest BCUT2D eigenvalue weighted by Crippen LogP contribution is -2.48. The normalized spacial score (nSPS) is 13.9. The SMILES string of the molecule is CCCCCCN(C(=O)CCCCCN1C(=O)NC(c2ccc(-c3ccccc3)cc2)C(C(=O)OCc2ccccc2)=C1C)C(C(=O)NCCCC)c1ccc(OCC(=O)CO)c(C(=O)OC)c1. The third kappa shape index (κ3) is 14.6. The van der Waals surface area contributed by atoms with Gasteiger partial charge in [-0.15, -0.1) is 0 Å². The summed E-state index contributed by atoms with van der Waals surface area (Å²) < 4.78 is 16.4. The second-order valence-electron chi connectivity index (χ2n) is 16.8. The highest BCUT2D eigenvalue weighted by Crippen LogP contribution is 2.34. The summed E-state index contributed by atoms with van der Waals surface area (Å²) in [7, 11) is 1.20. The first-order chi connectivity index (χ1) is 33.0. The van der Waals surface area contributed by atoms with Gasteiger partial charge in [0.15, 0.2) is 5.78 Å². The van der Waals surface area contributed by atoms with Crippen molar-refractivity contribution in [3.63, 3.8) is 0 Å². The van der Waals surface area contributed by atoms with Crippen molar-refractivity contribution in [2.75, 3.05) is 40.0 Å². The number of aliphatic hydroxyl groups excluding tert-OH is 1. The van der Waals surface area contributed by atoms with Gasteiger partial charge >= 0.3 is 18.0 Å². The molecular formula is C54H66N4O10. The number of carbonyl (C=O) groups excluding carboxylic acids is 6. The monoisotopic (exact) mass is 930 g/mol. The zero-order chi connectivity index (χ0) is 48.8. The summed E-state index contributed by atoms with van der Waals surface area (Å²) in [5.74, 6) is -2.51. The number of allylic oxidation sites excluding steroid dienone is 1. The number of ether oxygens (including phenoxy) is 3. The maximum absolute atomic E-state index is 14.4. The Hall–Kier alpha value is -6.80. The van der Waals surface area contributed by atoms with Gasteiger partial charge in [0, 0.05) is 31.8 Å². The van der Waals surface area contributed by atoms with Crippen LogP contribution in [0.3, 0.4) is 0 Å². The molecule has 362 valence electrons. The smallest absolute Gasteiger partial charge is 0.341 e. The van der Waals surface area contributed by atoms with Crippen LogP contribution in [0.2, 0.25) is 0 Å². The summed E-state index contributed by atoms with van der Waals surface area (Å²) in [5.41, 5.74) is 4.76. The summed E-state index contributed by atoms with van der Waals surface area (Å²) >= 11 is 0. The number of nitrogens with one attached hydrogen (secondary N) is 2. The molecule has 3 N–H and O–H groups in total. The van der Waals surface area contributed by atoms with E-state index in [0.29, 0.717) is 55.6 Å². The number of hydrogen-bond donors (Lipinski definition) is 3. The quantitative estimate of drug-likeness (QED) is 0.0386. The van der Waals surface area contributed by atoms with Crippen LogP contribution >= 0.6 is 0 Å². The van der Waals surface area contributed by atoms with Crippen molar-refractivity contribution in [2.45, 2.75) is 104 Å². The van der Waals surface area contributed by atoms with Gasteiger partial charge in [0.25, 0.3) is 0 Å². The van der Waals surface area contributed by atoms with E-state index in [1.807, 2.05) is 91.9 Å². The van der Waals surface area contributed by atoms with E-state index in [-0.39, 0.29) is 42.8 Å². The number of aliphatic hydroxyl groups is 1. The summed E-state index contributed by atoms with van der Waals surface area (Å²) in [5, 5.41) is 15.3. The number of rotatable bonds is 27. The van der Waals surface area contributed by atoms with Gasteiger partial charge in [0.05, 0.1) is 18.7 Å². The Labute approximate surface area is 400 Å². The molecule has 0 bridgehead atoms. The zero-order valence-corrected chi connectivity index (χ0v) is 39.8. The van der Waals surface area contributed by atoms with Crippen LogP contribution < -0.4 is 15.4 Å². The van der Waals surface area contributed by atoms with Crippen LogP contribution in [0.5, 0.6) is 5.75 Å². The minimum absolute atomic E-state index is 0.0324. The third-order valence-corrected chi connectivity index (χ3v) is 11.9. The van der Waals surface area contributed by atoms with Crippen molar-refractivity contribution < 1.29 is 48.1 Å². The third-order valence-electron chi connectivity index (χ3n) is 11.9. The van der Waals surface area contributed by atoms with Crippen LogP contribution in [0.25, 0.3) is 11.1 Å². The van der Waals surface area contributed by atoms with Gasteiger partial charge in [0.1, 0.15) is 37.2 Å². The number of methoxy groups -OCH3 is 1. The number of amides is 4. The number of urea groups is 1.